The lowest BCUT2D eigenvalue weighted by Gasteiger charge is -2.28. The molecule has 1 aliphatic rings. The molecule has 122 valence electrons. The molecule has 0 saturated heterocycles. The first-order valence-corrected chi connectivity index (χ1v) is 7.82. The molecule has 0 fully saturated rings. The number of carbonyl (C=O) groups is 2. The van der Waals surface area contributed by atoms with Gasteiger partial charge in [-0.1, -0.05) is 48.0 Å². The molecule has 24 heavy (non-hydrogen) atoms. The van der Waals surface area contributed by atoms with E-state index in [0.717, 1.165) is 5.56 Å². The second kappa shape index (κ2) is 6.76. The number of benzene rings is 2. The lowest BCUT2D eigenvalue weighted by atomic mass is 9.95. The summed E-state index contributed by atoms with van der Waals surface area (Å²) in [5.74, 6) is -0.295. The summed E-state index contributed by atoms with van der Waals surface area (Å²) in [4.78, 5) is 24.6. The number of allylic oxidation sites excluding steroid dienone is 1. The first kappa shape index (κ1) is 16.1. The van der Waals surface area contributed by atoms with Crippen molar-refractivity contribution in [2.24, 2.45) is 0 Å². The minimum atomic E-state index is -0.515. The van der Waals surface area contributed by atoms with Gasteiger partial charge in [-0.2, -0.15) is 0 Å². The van der Waals surface area contributed by atoms with E-state index in [9.17, 15) is 9.59 Å². The molecule has 1 aliphatic heterocycles. The summed E-state index contributed by atoms with van der Waals surface area (Å²) in [6, 6.07) is 15.4. The zero-order valence-corrected chi connectivity index (χ0v) is 13.7. The first-order valence-electron chi connectivity index (χ1n) is 7.45. The summed E-state index contributed by atoms with van der Waals surface area (Å²) in [5, 5.41) is 8.81. The summed E-state index contributed by atoms with van der Waals surface area (Å²) >= 11 is 5.95. The van der Waals surface area contributed by atoms with Crippen molar-refractivity contribution in [3.8, 4) is 0 Å². The largest absolute Gasteiger partial charge is 0.327 e. The lowest BCUT2D eigenvalue weighted by molar-refractivity contribution is -0.113. The molecule has 0 aliphatic carbocycles. The molecule has 0 spiro atoms. The lowest BCUT2D eigenvalue weighted by Crippen LogP contribution is -2.45. The van der Waals surface area contributed by atoms with Gasteiger partial charge in [0, 0.05) is 16.4 Å². The van der Waals surface area contributed by atoms with Crippen LogP contribution >= 0.6 is 11.6 Å². The van der Waals surface area contributed by atoms with Gasteiger partial charge in [-0.05, 0) is 30.7 Å². The van der Waals surface area contributed by atoms with Crippen molar-refractivity contribution in [3.63, 3.8) is 0 Å². The van der Waals surface area contributed by atoms with Crippen molar-refractivity contribution in [2.45, 2.75) is 13.0 Å². The zero-order chi connectivity index (χ0) is 17.1. The summed E-state index contributed by atoms with van der Waals surface area (Å²) in [7, 11) is 0. The molecular formula is C18H16ClN3O2. The van der Waals surface area contributed by atoms with E-state index in [1.807, 2.05) is 30.3 Å². The summed E-state index contributed by atoms with van der Waals surface area (Å²) < 4.78 is 0. The SMILES string of the molecule is CC1=C(C(=O)Nc2cccc(Cl)c2)[C@@H](c2ccccc2)NC(=O)N1. The fourth-order valence-electron chi connectivity index (χ4n) is 2.66. The van der Waals surface area contributed by atoms with Crippen LogP contribution in [0.25, 0.3) is 0 Å². The number of anilines is 1. The van der Waals surface area contributed by atoms with Crippen LogP contribution < -0.4 is 16.0 Å². The predicted octanol–water partition coefficient (Wildman–Crippen LogP) is 3.61. The standard InChI is InChI=1S/C18H16ClN3O2/c1-11-15(17(23)21-14-9-5-8-13(19)10-14)16(22-18(24)20-11)12-6-3-2-4-7-12/h2-10,16H,1H3,(H,21,23)(H2,20,22,24)/t16-/m1/s1. The highest BCUT2D eigenvalue weighted by Gasteiger charge is 2.31. The van der Waals surface area contributed by atoms with Crippen LogP contribution in [-0.4, -0.2) is 11.9 Å². The molecule has 0 radical (unpaired) electrons. The van der Waals surface area contributed by atoms with Crippen LogP contribution in [0.4, 0.5) is 10.5 Å². The molecule has 0 saturated carbocycles. The van der Waals surface area contributed by atoms with Gasteiger partial charge >= 0.3 is 6.03 Å². The van der Waals surface area contributed by atoms with Gasteiger partial charge in [-0.25, -0.2) is 4.79 Å². The predicted molar refractivity (Wildman–Crippen MR) is 93.6 cm³/mol. The van der Waals surface area contributed by atoms with Crippen LogP contribution in [0.5, 0.6) is 0 Å². The highest BCUT2D eigenvalue weighted by Crippen LogP contribution is 2.27. The first-order chi connectivity index (χ1) is 11.5. The van der Waals surface area contributed by atoms with E-state index in [0.29, 0.717) is 22.0 Å². The van der Waals surface area contributed by atoms with Crippen molar-refractivity contribution in [1.82, 2.24) is 10.6 Å². The molecule has 2 aromatic carbocycles. The van der Waals surface area contributed by atoms with Gasteiger partial charge in [0.05, 0.1) is 11.6 Å². The van der Waals surface area contributed by atoms with Gasteiger partial charge < -0.3 is 16.0 Å². The van der Waals surface area contributed by atoms with Crippen molar-refractivity contribution in [3.05, 3.63) is 76.5 Å². The van der Waals surface area contributed by atoms with Crippen LogP contribution in [0.15, 0.2) is 65.9 Å². The van der Waals surface area contributed by atoms with Crippen molar-refractivity contribution in [1.29, 1.82) is 0 Å². The fourth-order valence-corrected chi connectivity index (χ4v) is 2.85. The average Bonchev–Trinajstić information content (AvgIpc) is 2.54. The number of carbonyl (C=O) groups excluding carboxylic acids is 2. The number of hydrogen-bond acceptors (Lipinski definition) is 2. The normalized spacial score (nSPS) is 17.1. The maximum atomic E-state index is 12.8. The van der Waals surface area contributed by atoms with Gasteiger partial charge in [-0.3, -0.25) is 4.79 Å². The molecule has 6 heteroatoms. The van der Waals surface area contributed by atoms with E-state index in [2.05, 4.69) is 16.0 Å². The van der Waals surface area contributed by atoms with Gasteiger partial charge in [-0.15, -0.1) is 0 Å². The molecule has 5 nitrogen and oxygen atoms in total. The highest BCUT2D eigenvalue weighted by atomic mass is 35.5. The number of amides is 3. The molecule has 1 atom stereocenters. The van der Waals surface area contributed by atoms with Gasteiger partial charge in [0.2, 0.25) is 0 Å². The Morgan fingerprint density at radius 2 is 1.88 bits per heavy atom. The summed E-state index contributed by atoms with van der Waals surface area (Å²) in [6.07, 6.45) is 0. The Kier molecular flexibility index (Phi) is 4.53. The molecule has 3 N–H and O–H groups in total. The third kappa shape index (κ3) is 3.41. The van der Waals surface area contributed by atoms with Crippen molar-refractivity contribution >= 4 is 29.2 Å². The van der Waals surface area contributed by atoms with Gasteiger partial charge in [0.1, 0.15) is 0 Å². The smallest absolute Gasteiger partial charge is 0.319 e. The number of rotatable bonds is 3. The minimum Gasteiger partial charge on any atom is -0.327 e. The van der Waals surface area contributed by atoms with Crippen molar-refractivity contribution < 1.29 is 9.59 Å². The summed E-state index contributed by atoms with van der Waals surface area (Å²) in [6.45, 7) is 1.71. The highest BCUT2D eigenvalue weighted by molar-refractivity contribution is 6.31. The van der Waals surface area contributed by atoms with Gasteiger partial charge in [0.15, 0.2) is 0 Å². The molecule has 0 aromatic heterocycles. The number of urea groups is 1. The fraction of sp³-hybridized carbons (Fsp3) is 0.111. The Morgan fingerprint density at radius 1 is 1.12 bits per heavy atom. The number of nitrogens with one attached hydrogen (secondary N) is 3. The van der Waals surface area contributed by atoms with Crippen LogP contribution in [-0.2, 0) is 4.79 Å². The second-order valence-electron chi connectivity index (χ2n) is 5.45. The van der Waals surface area contributed by atoms with E-state index < -0.39 is 6.04 Å². The molecular weight excluding hydrogens is 326 g/mol. The van der Waals surface area contributed by atoms with Crippen LogP contribution in [0.2, 0.25) is 5.02 Å². The monoisotopic (exact) mass is 341 g/mol. The Hall–Kier alpha value is -2.79. The molecule has 2 aromatic rings. The van der Waals surface area contributed by atoms with E-state index in [4.69, 9.17) is 11.6 Å². The van der Waals surface area contributed by atoms with E-state index >= 15 is 0 Å². The summed E-state index contributed by atoms with van der Waals surface area (Å²) in [5.41, 5.74) is 2.41. The van der Waals surface area contributed by atoms with E-state index in [1.165, 1.54) is 0 Å². The Morgan fingerprint density at radius 3 is 2.58 bits per heavy atom. The van der Waals surface area contributed by atoms with Crippen LogP contribution in [0.3, 0.4) is 0 Å². The maximum absolute atomic E-state index is 12.8. The zero-order valence-electron chi connectivity index (χ0n) is 13.0. The third-order valence-corrected chi connectivity index (χ3v) is 3.96. The topological polar surface area (TPSA) is 70.2 Å². The third-order valence-electron chi connectivity index (χ3n) is 3.73. The van der Waals surface area contributed by atoms with Crippen LogP contribution in [0.1, 0.15) is 18.5 Å². The Labute approximate surface area is 144 Å². The van der Waals surface area contributed by atoms with Gasteiger partial charge in [0.25, 0.3) is 5.91 Å². The second-order valence-corrected chi connectivity index (χ2v) is 5.88. The van der Waals surface area contributed by atoms with Crippen molar-refractivity contribution in [2.75, 3.05) is 5.32 Å². The quantitative estimate of drug-likeness (QED) is 0.798. The molecule has 1 heterocycles. The Balaban J connectivity index is 1.94. The van der Waals surface area contributed by atoms with E-state index in [-0.39, 0.29) is 11.9 Å². The molecule has 0 bridgehead atoms. The average molecular weight is 342 g/mol. The maximum Gasteiger partial charge on any atom is 0.319 e. The van der Waals surface area contributed by atoms with E-state index in [1.54, 1.807) is 31.2 Å². The number of hydrogen-bond donors (Lipinski definition) is 3. The Bertz CT molecular complexity index is 818. The van der Waals surface area contributed by atoms with Crippen LogP contribution in [0, 0.1) is 0 Å². The molecule has 3 amide bonds. The molecule has 0 unspecified atom stereocenters. The minimum absolute atomic E-state index is 0.295. The number of halogens is 1. The molecule has 3 rings (SSSR count).